The lowest BCUT2D eigenvalue weighted by Gasteiger charge is -2.32. The first-order valence-electron chi connectivity index (χ1n) is 8.03. The Labute approximate surface area is 141 Å². The molecule has 1 aliphatic rings. The number of thiazole rings is 1. The number of tetrazole rings is 1. The van der Waals surface area contributed by atoms with Gasteiger partial charge in [-0.25, -0.2) is 4.98 Å². The van der Waals surface area contributed by atoms with Gasteiger partial charge >= 0.3 is 0 Å². The van der Waals surface area contributed by atoms with Gasteiger partial charge in [-0.2, -0.15) is 0 Å². The van der Waals surface area contributed by atoms with Crippen LogP contribution in [0.5, 0.6) is 0 Å². The lowest BCUT2D eigenvalue weighted by molar-refractivity contribution is 0.503. The van der Waals surface area contributed by atoms with Gasteiger partial charge in [0.05, 0.1) is 15.2 Å². The van der Waals surface area contributed by atoms with Crippen LogP contribution >= 0.6 is 11.3 Å². The zero-order valence-electron chi connectivity index (χ0n) is 12.9. The minimum atomic E-state index is 0.447. The van der Waals surface area contributed by atoms with Crippen molar-refractivity contribution in [2.75, 3.05) is 18.0 Å². The largest absolute Gasteiger partial charge is 0.354 e. The fraction of sp³-hybridized carbons (Fsp3) is 0.312. The third-order valence-electron chi connectivity index (χ3n) is 4.46. The average molecular weight is 337 g/mol. The van der Waals surface area contributed by atoms with Gasteiger partial charge in [0, 0.05) is 19.0 Å². The maximum Gasteiger partial charge on any atom is 0.200 e. The fourth-order valence-corrected chi connectivity index (χ4v) is 4.35. The van der Waals surface area contributed by atoms with Crippen molar-refractivity contribution in [1.29, 1.82) is 0 Å². The smallest absolute Gasteiger partial charge is 0.200 e. The van der Waals surface area contributed by atoms with Crippen LogP contribution in [0.15, 0.2) is 36.4 Å². The lowest BCUT2D eigenvalue weighted by atomic mass is 9.99. The van der Waals surface area contributed by atoms with Crippen molar-refractivity contribution in [3.05, 3.63) is 41.4 Å². The van der Waals surface area contributed by atoms with E-state index in [0.717, 1.165) is 30.8 Å². The maximum atomic E-state index is 4.84. The summed E-state index contributed by atoms with van der Waals surface area (Å²) in [5.41, 5.74) is 1.77. The second-order valence-corrected chi connectivity index (χ2v) is 7.09. The van der Waals surface area contributed by atoms with Crippen LogP contribution in [-0.2, 0) is 0 Å². The average Bonchev–Trinajstić information content (AvgIpc) is 3.27. The molecule has 0 radical (unpaired) electrons. The molecule has 1 fully saturated rings. The Hall–Kier alpha value is -2.61. The Morgan fingerprint density at radius 2 is 2.08 bits per heavy atom. The molecule has 1 aromatic carbocycles. The van der Waals surface area contributed by atoms with E-state index in [1.165, 1.54) is 20.8 Å². The molecule has 0 aliphatic carbocycles. The molecule has 0 bridgehead atoms. The molecule has 7 nitrogen and oxygen atoms in total. The molecule has 3 aromatic heterocycles. The van der Waals surface area contributed by atoms with E-state index in [1.807, 2.05) is 29.5 Å². The van der Waals surface area contributed by atoms with E-state index in [9.17, 15) is 0 Å². The quantitative estimate of drug-likeness (QED) is 0.560. The van der Waals surface area contributed by atoms with Gasteiger partial charge in [0.15, 0.2) is 11.5 Å². The van der Waals surface area contributed by atoms with Crippen LogP contribution in [0.1, 0.15) is 23.8 Å². The molecule has 120 valence electrons. The number of anilines is 1. The summed E-state index contributed by atoms with van der Waals surface area (Å²) in [5.74, 6) is 1.36. The predicted octanol–water partition coefficient (Wildman–Crippen LogP) is 2.51. The standard InChI is InChI=1S/C16H15N7S/c1-2-6-13-12(5-1)17-16(24-13)11-4-3-9-22(10-11)15-8-7-14-18-20-21-23(14)19-15/h1-2,5-8,11H,3-4,9-10H2/t11-/m0/s1. The van der Waals surface area contributed by atoms with Crippen LogP contribution in [0.4, 0.5) is 5.82 Å². The second kappa shape index (κ2) is 5.48. The molecule has 24 heavy (non-hydrogen) atoms. The molecule has 0 saturated carbocycles. The van der Waals surface area contributed by atoms with Crippen LogP contribution in [0.25, 0.3) is 15.9 Å². The van der Waals surface area contributed by atoms with Crippen LogP contribution in [0.3, 0.4) is 0 Å². The summed E-state index contributed by atoms with van der Waals surface area (Å²) in [4.78, 5) is 7.15. The maximum absolute atomic E-state index is 4.84. The van der Waals surface area contributed by atoms with Gasteiger partial charge in [-0.05, 0) is 47.5 Å². The number of para-hydroxylation sites is 1. The Balaban J connectivity index is 1.44. The first-order chi connectivity index (χ1) is 11.9. The minimum absolute atomic E-state index is 0.447. The van der Waals surface area contributed by atoms with Crippen molar-refractivity contribution >= 4 is 33.0 Å². The Morgan fingerprint density at radius 1 is 1.12 bits per heavy atom. The molecule has 1 aliphatic heterocycles. The first kappa shape index (κ1) is 13.8. The molecule has 0 unspecified atom stereocenters. The third-order valence-corrected chi connectivity index (χ3v) is 5.66. The molecule has 4 heterocycles. The van der Waals surface area contributed by atoms with Crippen molar-refractivity contribution in [3.8, 4) is 0 Å². The zero-order valence-corrected chi connectivity index (χ0v) is 13.7. The summed E-state index contributed by atoms with van der Waals surface area (Å²) < 4.78 is 2.74. The molecule has 1 saturated heterocycles. The topological polar surface area (TPSA) is 72.1 Å². The Morgan fingerprint density at radius 3 is 3.04 bits per heavy atom. The van der Waals surface area contributed by atoms with Crippen molar-refractivity contribution < 1.29 is 0 Å². The number of piperidine rings is 1. The van der Waals surface area contributed by atoms with Crippen LogP contribution < -0.4 is 4.90 Å². The van der Waals surface area contributed by atoms with E-state index in [1.54, 1.807) is 0 Å². The number of nitrogens with zero attached hydrogens (tertiary/aromatic N) is 7. The Bertz CT molecular complexity index is 967. The number of rotatable bonds is 2. The van der Waals surface area contributed by atoms with Gasteiger partial charge in [-0.15, -0.1) is 26.2 Å². The van der Waals surface area contributed by atoms with E-state index in [-0.39, 0.29) is 0 Å². The summed E-state index contributed by atoms with van der Waals surface area (Å²) in [5, 5.41) is 17.2. The highest BCUT2D eigenvalue weighted by atomic mass is 32.1. The van der Waals surface area contributed by atoms with E-state index in [2.05, 4.69) is 43.7 Å². The van der Waals surface area contributed by atoms with Gasteiger partial charge in [0.25, 0.3) is 0 Å². The van der Waals surface area contributed by atoms with E-state index < -0.39 is 0 Å². The SMILES string of the molecule is c1ccc2sc([C@H]3CCCN(c4ccc5nnnn5n4)C3)nc2c1. The van der Waals surface area contributed by atoms with Crippen LogP contribution in [0.2, 0.25) is 0 Å². The van der Waals surface area contributed by atoms with E-state index >= 15 is 0 Å². The summed E-state index contributed by atoms with van der Waals surface area (Å²) in [6.07, 6.45) is 2.30. The van der Waals surface area contributed by atoms with Crippen LogP contribution in [0, 0.1) is 0 Å². The lowest BCUT2D eigenvalue weighted by Crippen LogP contribution is -2.35. The number of benzene rings is 1. The summed E-state index contributed by atoms with van der Waals surface area (Å²) in [7, 11) is 0. The first-order valence-corrected chi connectivity index (χ1v) is 8.84. The van der Waals surface area contributed by atoms with Crippen molar-refractivity contribution in [1.82, 2.24) is 30.2 Å². The second-order valence-electron chi connectivity index (χ2n) is 6.02. The molecule has 4 aromatic rings. The predicted molar refractivity (Wildman–Crippen MR) is 92.4 cm³/mol. The van der Waals surface area contributed by atoms with Gasteiger partial charge in [0.2, 0.25) is 0 Å². The van der Waals surface area contributed by atoms with Crippen molar-refractivity contribution in [2.24, 2.45) is 0 Å². The number of fused-ring (bicyclic) bond motifs is 2. The fourth-order valence-electron chi connectivity index (χ4n) is 3.26. The number of aromatic nitrogens is 6. The van der Waals surface area contributed by atoms with Gasteiger partial charge in [-0.3, -0.25) is 0 Å². The summed E-state index contributed by atoms with van der Waals surface area (Å²) >= 11 is 1.81. The normalized spacial score (nSPS) is 18.5. The zero-order chi connectivity index (χ0) is 15.9. The third kappa shape index (κ3) is 2.30. The molecule has 5 rings (SSSR count). The minimum Gasteiger partial charge on any atom is -0.354 e. The molecule has 0 amide bonds. The highest BCUT2D eigenvalue weighted by Gasteiger charge is 2.25. The number of hydrogen-bond acceptors (Lipinski definition) is 7. The van der Waals surface area contributed by atoms with Crippen molar-refractivity contribution in [3.63, 3.8) is 0 Å². The Kier molecular flexibility index (Phi) is 3.15. The summed E-state index contributed by atoms with van der Waals surface area (Å²) in [6, 6.07) is 12.2. The highest BCUT2D eigenvalue weighted by molar-refractivity contribution is 7.18. The molecule has 0 spiro atoms. The monoisotopic (exact) mass is 337 g/mol. The van der Waals surface area contributed by atoms with Crippen molar-refractivity contribution in [2.45, 2.75) is 18.8 Å². The van der Waals surface area contributed by atoms with Crippen LogP contribution in [-0.4, -0.2) is 43.3 Å². The summed E-state index contributed by atoms with van der Waals surface area (Å²) in [6.45, 7) is 1.93. The van der Waals surface area contributed by atoms with Gasteiger partial charge < -0.3 is 4.90 Å². The van der Waals surface area contributed by atoms with Gasteiger partial charge in [-0.1, -0.05) is 12.1 Å². The van der Waals surface area contributed by atoms with Gasteiger partial charge in [0.1, 0.15) is 0 Å². The molecule has 0 N–H and O–H groups in total. The highest BCUT2D eigenvalue weighted by Crippen LogP contribution is 2.34. The number of hydrogen-bond donors (Lipinski definition) is 0. The van der Waals surface area contributed by atoms with E-state index in [0.29, 0.717) is 11.6 Å². The molecule has 1 atom stereocenters. The molecular formula is C16H15N7S. The molecule has 8 heteroatoms. The van der Waals surface area contributed by atoms with E-state index in [4.69, 9.17) is 4.98 Å². The molecular weight excluding hydrogens is 322 g/mol.